The van der Waals surface area contributed by atoms with E-state index in [1.54, 1.807) is 0 Å². The number of carbonyl (C=O) groups excluding carboxylic acids is 2. The summed E-state index contributed by atoms with van der Waals surface area (Å²) in [5, 5.41) is 0. The van der Waals surface area contributed by atoms with Crippen LogP contribution in [0.25, 0.3) is 0 Å². The number of nitrogens with zero attached hydrogens (tertiary/aromatic N) is 1. The Hall–Kier alpha value is -2.54. The van der Waals surface area contributed by atoms with Gasteiger partial charge in [0.2, 0.25) is 6.79 Å². The molecule has 2 bridgehead atoms. The Morgan fingerprint density at radius 3 is 2.63 bits per heavy atom. The van der Waals surface area contributed by atoms with Crippen LogP contribution in [0.5, 0.6) is 11.5 Å². The average Bonchev–Trinajstić information content (AvgIpc) is 3.13. The minimum absolute atomic E-state index is 0.0871. The molecule has 1 saturated heterocycles. The molecule has 0 aromatic heterocycles. The molecule has 3 heterocycles. The summed E-state index contributed by atoms with van der Waals surface area (Å²) < 4.78 is 22.3. The van der Waals surface area contributed by atoms with Crippen molar-refractivity contribution < 1.29 is 28.5 Å². The summed E-state index contributed by atoms with van der Waals surface area (Å²) in [6, 6.07) is 4.15. The molecule has 27 heavy (non-hydrogen) atoms. The summed E-state index contributed by atoms with van der Waals surface area (Å²) in [4.78, 5) is 25.5. The van der Waals surface area contributed by atoms with E-state index in [4.69, 9.17) is 18.9 Å². The fraction of sp³-hybridized carbons (Fsp3) is 0.500. The summed E-state index contributed by atoms with van der Waals surface area (Å²) >= 11 is 0. The number of hydrogen-bond acceptors (Lipinski definition) is 7. The van der Waals surface area contributed by atoms with Crippen LogP contribution in [0.4, 0.5) is 0 Å². The largest absolute Gasteiger partial charge is 0.460 e. The Labute approximate surface area is 156 Å². The predicted molar refractivity (Wildman–Crippen MR) is 93.3 cm³/mol. The van der Waals surface area contributed by atoms with Crippen LogP contribution >= 0.6 is 0 Å². The molecule has 5 atom stereocenters. The molecule has 4 aliphatic rings. The van der Waals surface area contributed by atoms with E-state index in [1.807, 2.05) is 18.2 Å². The summed E-state index contributed by atoms with van der Waals surface area (Å²) in [6.45, 7) is 4.46. The molecule has 0 amide bonds. The third kappa shape index (κ3) is 2.37. The molecule has 0 spiro atoms. The quantitative estimate of drug-likeness (QED) is 0.578. The number of ether oxygens (including phenoxy) is 4. The smallest absolute Gasteiger partial charge is 0.303 e. The fourth-order valence-corrected chi connectivity index (χ4v) is 5.13. The van der Waals surface area contributed by atoms with E-state index in [-0.39, 0.29) is 37.0 Å². The van der Waals surface area contributed by atoms with Crippen LogP contribution in [0.1, 0.15) is 31.4 Å². The van der Waals surface area contributed by atoms with E-state index in [2.05, 4.69) is 11.0 Å². The molecule has 0 radical (unpaired) electrons. The van der Waals surface area contributed by atoms with Crippen molar-refractivity contribution in [2.75, 3.05) is 13.3 Å². The first-order chi connectivity index (χ1) is 13.0. The number of rotatable bonds is 2. The lowest BCUT2D eigenvalue weighted by Crippen LogP contribution is -2.53. The number of hydrogen-bond donors (Lipinski definition) is 0. The van der Waals surface area contributed by atoms with Crippen molar-refractivity contribution in [1.82, 2.24) is 4.90 Å². The van der Waals surface area contributed by atoms with Crippen LogP contribution in [0.2, 0.25) is 0 Å². The fourth-order valence-electron chi connectivity index (χ4n) is 5.13. The SMILES string of the molecule is CC(=O)O[C@@H]1C=C[C@@]23c4cc5c(cc4CN(C[C@H]2OC(C)=O)[C@H]3C1)OCO5. The van der Waals surface area contributed by atoms with Gasteiger partial charge in [-0.25, -0.2) is 0 Å². The van der Waals surface area contributed by atoms with Gasteiger partial charge in [-0.2, -0.15) is 0 Å². The number of benzene rings is 1. The van der Waals surface area contributed by atoms with Gasteiger partial charge in [-0.3, -0.25) is 14.5 Å². The summed E-state index contributed by atoms with van der Waals surface area (Å²) in [7, 11) is 0. The highest BCUT2D eigenvalue weighted by molar-refractivity contribution is 5.68. The van der Waals surface area contributed by atoms with Crippen LogP contribution in [-0.2, 0) is 31.0 Å². The van der Waals surface area contributed by atoms with Gasteiger partial charge in [-0.15, -0.1) is 0 Å². The van der Waals surface area contributed by atoms with Crippen molar-refractivity contribution in [2.24, 2.45) is 0 Å². The maximum absolute atomic E-state index is 11.8. The van der Waals surface area contributed by atoms with E-state index in [0.717, 1.165) is 29.2 Å². The average molecular weight is 371 g/mol. The molecule has 7 heteroatoms. The molecule has 5 rings (SSSR count). The van der Waals surface area contributed by atoms with Gasteiger partial charge in [0.25, 0.3) is 0 Å². The van der Waals surface area contributed by atoms with Crippen molar-refractivity contribution in [1.29, 1.82) is 0 Å². The molecule has 0 N–H and O–H groups in total. The highest BCUT2D eigenvalue weighted by Gasteiger charge is 2.60. The van der Waals surface area contributed by atoms with Crippen molar-refractivity contribution in [3.63, 3.8) is 0 Å². The van der Waals surface area contributed by atoms with Crippen molar-refractivity contribution in [2.45, 2.75) is 50.5 Å². The van der Waals surface area contributed by atoms with E-state index in [0.29, 0.717) is 13.0 Å². The van der Waals surface area contributed by atoms with Crippen LogP contribution in [-0.4, -0.2) is 48.4 Å². The molecular formula is C20H21NO6. The molecular weight excluding hydrogens is 350 g/mol. The third-order valence-electron chi connectivity index (χ3n) is 6.03. The molecule has 3 aliphatic heterocycles. The lowest BCUT2D eigenvalue weighted by atomic mass is 9.65. The lowest BCUT2D eigenvalue weighted by Gasteiger charge is -2.46. The van der Waals surface area contributed by atoms with E-state index < -0.39 is 5.41 Å². The zero-order valence-corrected chi connectivity index (χ0v) is 15.3. The summed E-state index contributed by atoms with van der Waals surface area (Å²) in [5.41, 5.74) is 1.78. The van der Waals surface area contributed by atoms with E-state index in [1.165, 1.54) is 13.8 Å². The van der Waals surface area contributed by atoms with Crippen LogP contribution in [0.15, 0.2) is 24.3 Å². The number of carbonyl (C=O) groups is 2. The van der Waals surface area contributed by atoms with Gasteiger partial charge in [0.05, 0.1) is 5.41 Å². The van der Waals surface area contributed by atoms with Gasteiger partial charge < -0.3 is 18.9 Å². The monoisotopic (exact) mass is 371 g/mol. The number of fused-ring (bicyclic) bond motifs is 2. The second-order valence-corrected chi connectivity index (χ2v) is 7.58. The van der Waals surface area contributed by atoms with Crippen molar-refractivity contribution >= 4 is 11.9 Å². The van der Waals surface area contributed by atoms with Crippen LogP contribution < -0.4 is 9.47 Å². The summed E-state index contributed by atoms with van der Waals surface area (Å²) in [6.07, 6.45) is 4.10. The zero-order chi connectivity index (χ0) is 18.8. The molecule has 1 aliphatic carbocycles. The zero-order valence-electron chi connectivity index (χ0n) is 15.3. The van der Waals surface area contributed by atoms with Gasteiger partial charge in [-0.05, 0) is 29.3 Å². The maximum atomic E-state index is 11.8. The first-order valence-electron chi connectivity index (χ1n) is 9.18. The molecule has 1 aromatic carbocycles. The van der Waals surface area contributed by atoms with Gasteiger partial charge in [0.15, 0.2) is 11.5 Å². The highest BCUT2D eigenvalue weighted by atomic mass is 16.7. The van der Waals surface area contributed by atoms with Gasteiger partial charge >= 0.3 is 11.9 Å². The van der Waals surface area contributed by atoms with Crippen molar-refractivity contribution in [3.8, 4) is 11.5 Å². The van der Waals surface area contributed by atoms with E-state index in [9.17, 15) is 9.59 Å². The molecule has 142 valence electrons. The molecule has 7 nitrogen and oxygen atoms in total. The molecule has 1 aromatic rings. The first-order valence-corrected chi connectivity index (χ1v) is 9.18. The van der Waals surface area contributed by atoms with Crippen molar-refractivity contribution in [3.05, 3.63) is 35.4 Å². The standard InChI is InChI=1S/C20H21NO6/c1-11(22)26-14-3-4-20-15-7-17-16(24-10-25-17)5-13(15)8-21(18(20)6-14)9-19(20)27-12(2)23/h3-5,7,14,18-19H,6,8-10H2,1-2H3/t14-,18+,19-,20+/m1/s1. The Morgan fingerprint density at radius 1 is 1.15 bits per heavy atom. The minimum atomic E-state index is -0.475. The highest BCUT2D eigenvalue weighted by Crippen LogP contribution is 2.54. The second-order valence-electron chi connectivity index (χ2n) is 7.58. The normalized spacial score (nSPS) is 34.6. The first kappa shape index (κ1) is 16.6. The van der Waals surface area contributed by atoms with Crippen LogP contribution in [0.3, 0.4) is 0 Å². The Bertz CT molecular complexity index is 864. The predicted octanol–water partition coefficient (Wildman–Crippen LogP) is 1.67. The van der Waals surface area contributed by atoms with Gasteiger partial charge in [-0.1, -0.05) is 6.08 Å². The van der Waals surface area contributed by atoms with Gasteiger partial charge in [0.1, 0.15) is 12.2 Å². The summed E-state index contributed by atoms with van der Waals surface area (Å²) in [5.74, 6) is 0.892. The maximum Gasteiger partial charge on any atom is 0.303 e. The molecule has 1 unspecified atom stereocenters. The lowest BCUT2D eigenvalue weighted by molar-refractivity contribution is -0.147. The Morgan fingerprint density at radius 2 is 1.89 bits per heavy atom. The Balaban J connectivity index is 1.64. The van der Waals surface area contributed by atoms with Crippen LogP contribution in [0, 0.1) is 0 Å². The van der Waals surface area contributed by atoms with Gasteiger partial charge in [0, 0.05) is 39.4 Å². The molecule has 1 fully saturated rings. The Kier molecular flexibility index (Phi) is 3.53. The number of esters is 2. The van der Waals surface area contributed by atoms with E-state index >= 15 is 0 Å². The topological polar surface area (TPSA) is 74.3 Å². The molecule has 0 saturated carbocycles. The minimum Gasteiger partial charge on any atom is -0.460 e. The third-order valence-corrected chi connectivity index (χ3v) is 6.03. The second kappa shape index (κ2) is 5.73.